The molecule has 1 amide bonds. The number of halogens is 1. The van der Waals surface area contributed by atoms with Crippen molar-refractivity contribution in [1.82, 2.24) is 4.98 Å². The molecule has 0 spiro atoms. The Balaban J connectivity index is 2.27. The molecule has 1 aromatic carbocycles. The van der Waals surface area contributed by atoms with Gasteiger partial charge in [0.15, 0.2) is 0 Å². The number of rotatable bonds is 4. The average Bonchev–Trinajstić information content (AvgIpc) is 2.47. The number of nitrogens with zero attached hydrogens (tertiary/aromatic N) is 1. The van der Waals surface area contributed by atoms with Crippen LogP contribution in [0, 0.1) is 5.82 Å². The Bertz CT molecular complexity index is 706. The molecule has 2 rings (SSSR count). The minimum atomic E-state index is -0.585. The number of hydrogen-bond donors (Lipinski definition) is 2. The first-order valence-electron chi connectivity index (χ1n) is 5.91. The van der Waals surface area contributed by atoms with E-state index < -0.39 is 11.7 Å². The van der Waals surface area contributed by atoms with Crippen molar-refractivity contribution < 1.29 is 13.9 Å². The maximum Gasteiger partial charge on any atom is 0.257 e. The average molecular weight is 305 g/mol. The quantitative estimate of drug-likeness (QED) is 0.846. The van der Waals surface area contributed by atoms with Crippen molar-refractivity contribution in [2.75, 3.05) is 12.4 Å². The van der Waals surface area contributed by atoms with E-state index in [1.54, 1.807) is 18.2 Å². The van der Waals surface area contributed by atoms with E-state index in [0.29, 0.717) is 17.0 Å². The van der Waals surface area contributed by atoms with Gasteiger partial charge in [0.25, 0.3) is 5.91 Å². The molecule has 21 heavy (non-hydrogen) atoms. The van der Waals surface area contributed by atoms with E-state index in [4.69, 9.17) is 22.7 Å². The van der Waals surface area contributed by atoms with Gasteiger partial charge in [-0.3, -0.25) is 9.78 Å². The number of aromatic nitrogens is 1. The van der Waals surface area contributed by atoms with Gasteiger partial charge in [-0.15, -0.1) is 0 Å². The summed E-state index contributed by atoms with van der Waals surface area (Å²) in [6, 6.07) is 5.97. The number of hydrogen-bond acceptors (Lipinski definition) is 4. The SMILES string of the molecule is COc1cc(C(N)=S)ccc1NC(=O)c1cncc(F)c1. The van der Waals surface area contributed by atoms with Gasteiger partial charge in [-0.25, -0.2) is 4.39 Å². The second kappa shape index (κ2) is 6.27. The second-order valence-electron chi connectivity index (χ2n) is 4.13. The predicted molar refractivity (Wildman–Crippen MR) is 81.0 cm³/mol. The summed E-state index contributed by atoms with van der Waals surface area (Å²) in [5.41, 5.74) is 6.68. The lowest BCUT2D eigenvalue weighted by molar-refractivity contribution is 0.102. The summed E-state index contributed by atoms with van der Waals surface area (Å²) in [7, 11) is 1.46. The van der Waals surface area contributed by atoms with E-state index in [2.05, 4.69) is 10.3 Å². The molecule has 0 bridgehead atoms. The zero-order chi connectivity index (χ0) is 15.4. The Morgan fingerprint density at radius 2 is 2.10 bits per heavy atom. The van der Waals surface area contributed by atoms with Crippen molar-refractivity contribution in [1.29, 1.82) is 0 Å². The number of amides is 1. The number of pyridine rings is 1. The molecule has 0 unspecified atom stereocenters. The summed E-state index contributed by atoms with van der Waals surface area (Å²) in [4.78, 5) is 15.9. The Morgan fingerprint density at radius 3 is 2.71 bits per heavy atom. The molecular formula is C14H12FN3O2S. The Kier molecular flexibility index (Phi) is 4.44. The van der Waals surface area contributed by atoms with Crippen LogP contribution in [0.3, 0.4) is 0 Å². The van der Waals surface area contributed by atoms with Crippen LogP contribution in [0.5, 0.6) is 5.75 Å². The molecule has 108 valence electrons. The minimum Gasteiger partial charge on any atom is -0.495 e. The van der Waals surface area contributed by atoms with Gasteiger partial charge in [0.05, 0.1) is 24.6 Å². The molecule has 0 aliphatic heterocycles. The lowest BCUT2D eigenvalue weighted by Crippen LogP contribution is -2.14. The third kappa shape index (κ3) is 3.51. The van der Waals surface area contributed by atoms with Crippen molar-refractivity contribution in [3.8, 4) is 5.75 Å². The zero-order valence-electron chi connectivity index (χ0n) is 11.1. The summed E-state index contributed by atoms with van der Waals surface area (Å²) in [5, 5.41) is 2.62. The molecule has 0 radical (unpaired) electrons. The number of benzene rings is 1. The van der Waals surface area contributed by atoms with Crippen LogP contribution in [0.1, 0.15) is 15.9 Å². The highest BCUT2D eigenvalue weighted by Crippen LogP contribution is 2.26. The normalized spacial score (nSPS) is 10.0. The van der Waals surface area contributed by atoms with E-state index in [1.165, 1.54) is 13.3 Å². The third-order valence-electron chi connectivity index (χ3n) is 2.70. The molecular weight excluding hydrogens is 293 g/mol. The lowest BCUT2D eigenvalue weighted by atomic mass is 10.1. The highest BCUT2D eigenvalue weighted by molar-refractivity contribution is 7.80. The van der Waals surface area contributed by atoms with Gasteiger partial charge < -0.3 is 15.8 Å². The van der Waals surface area contributed by atoms with Crippen LogP contribution in [-0.4, -0.2) is 23.0 Å². The fourth-order valence-corrected chi connectivity index (χ4v) is 1.81. The van der Waals surface area contributed by atoms with Crippen LogP contribution in [-0.2, 0) is 0 Å². The Hall–Kier alpha value is -2.54. The second-order valence-corrected chi connectivity index (χ2v) is 4.57. The number of ether oxygens (including phenoxy) is 1. The summed E-state index contributed by atoms with van der Waals surface area (Å²) >= 11 is 4.88. The number of methoxy groups -OCH3 is 1. The predicted octanol–water partition coefficient (Wildman–Crippen LogP) is 2.12. The highest BCUT2D eigenvalue weighted by atomic mass is 32.1. The fraction of sp³-hybridized carbons (Fsp3) is 0.0714. The van der Waals surface area contributed by atoms with Gasteiger partial charge in [0.1, 0.15) is 16.6 Å². The number of carbonyl (C=O) groups is 1. The first-order valence-corrected chi connectivity index (χ1v) is 6.32. The number of nitrogens with one attached hydrogen (secondary N) is 1. The van der Waals surface area contributed by atoms with Gasteiger partial charge >= 0.3 is 0 Å². The molecule has 1 aromatic heterocycles. The monoisotopic (exact) mass is 305 g/mol. The summed E-state index contributed by atoms with van der Waals surface area (Å²) in [6.45, 7) is 0. The molecule has 0 saturated carbocycles. The van der Waals surface area contributed by atoms with E-state index in [-0.39, 0.29) is 10.6 Å². The number of thiocarbonyl (C=S) groups is 1. The van der Waals surface area contributed by atoms with E-state index in [9.17, 15) is 9.18 Å². The zero-order valence-corrected chi connectivity index (χ0v) is 11.9. The van der Waals surface area contributed by atoms with Crippen LogP contribution in [0.25, 0.3) is 0 Å². The van der Waals surface area contributed by atoms with Crippen LogP contribution in [0.2, 0.25) is 0 Å². The van der Waals surface area contributed by atoms with Crippen molar-refractivity contribution >= 4 is 28.8 Å². The summed E-state index contributed by atoms with van der Waals surface area (Å²) < 4.78 is 18.2. The van der Waals surface area contributed by atoms with Crippen molar-refractivity contribution in [3.05, 3.63) is 53.6 Å². The smallest absolute Gasteiger partial charge is 0.257 e. The first kappa shape index (κ1) is 14.9. The molecule has 5 nitrogen and oxygen atoms in total. The van der Waals surface area contributed by atoms with Crippen molar-refractivity contribution in [2.24, 2.45) is 5.73 Å². The maximum atomic E-state index is 13.1. The topological polar surface area (TPSA) is 77.2 Å². The number of carbonyl (C=O) groups excluding carboxylic acids is 1. The van der Waals surface area contributed by atoms with Crippen molar-refractivity contribution in [3.63, 3.8) is 0 Å². The number of nitrogens with two attached hydrogens (primary N) is 1. The van der Waals surface area contributed by atoms with Crippen LogP contribution < -0.4 is 15.8 Å². The molecule has 2 aromatic rings. The lowest BCUT2D eigenvalue weighted by Gasteiger charge is -2.11. The van der Waals surface area contributed by atoms with E-state index in [0.717, 1.165) is 12.3 Å². The Labute approximate surface area is 125 Å². The molecule has 0 fully saturated rings. The molecule has 3 N–H and O–H groups in total. The van der Waals surface area contributed by atoms with Gasteiger partial charge in [-0.05, 0) is 24.3 Å². The summed E-state index contributed by atoms with van der Waals surface area (Å²) in [5.74, 6) is -0.681. The number of anilines is 1. The standard InChI is InChI=1S/C14H12FN3O2S/c1-20-12-5-8(13(16)21)2-3-11(12)18-14(19)9-4-10(15)7-17-6-9/h2-7H,1H3,(H2,16,21)(H,18,19). The van der Waals surface area contributed by atoms with Gasteiger partial charge in [0, 0.05) is 11.8 Å². The largest absolute Gasteiger partial charge is 0.495 e. The fourth-order valence-electron chi connectivity index (χ4n) is 1.68. The highest BCUT2D eigenvalue weighted by Gasteiger charge is 2.12. The van der Waals surface area contributed by atoms with Crippen LogP contribution >= 0.6 is 12.2 Å². The van der Waals surface area contributed by atoms with Gasteiger partial charge in [0.2, 0.25) is 0 Å². The van der Waals surface area contributed by atoms with Crippen LogP contribution in [0.4, 0.5) is 10.1 Å². The van der Waals surface area contributed by atoms with Gasteiger partial charge in [-0.1, -0.05) is 12.2 Å². The Morgan fingerprint density at radius 1 is 1.33 bits per heavy atom. The first-order chi connectivity index (χ1) is 10.0. The molecule has 1 heterocycles. The van der Waals surface area contributed by atoms with E-state index >= 15 is 0 Å². The van der Waals surface area contributed by atoms with Gasteiger partial charge in [-0.2, -0.15) is 0 Å². The molecule has 0 aliphatic carbocycles. The molecule has 0 atom stereocenters. The third-order valence-corrected chi connectivity index (χ3v) is 2.94. The van der Waals surface area contributed by atoms with Crippen LogP contribution in [0.15, 0.2) is 36.7 Å². The molecule has 0 saturated heterocycles. The minimum absolute atomic E-state index is 0.107. The maximum absolute atomic E-state index is 13.1. The molecule has 0 aliphatic rings. The van der Waals surface area contributed by atoms with Crippen molar-refractivity contribution in [2.45, 2.75) is 0 Å². The van der Waals surface area contributed by atoms with E-state index in [1.807, 2.05) is 0 Å². The molecule has 7 heteroatoms. The summed E-state index contributed by atoms with van der Waals surface area (Å²) in [6.07, 6.45) is 2.29.